The number of benzene rings is 5. The third-order valence-corrected chi connectivity index (χ3v) is 8.80. The second kappa shape index (κ2) is 13.8. The van der Waals surface area contributed by atoms with Gasteiger partial charge in [-0.2, -0.15) is 5.26 Å². The van der Waals surface area contributed by atoms with Crippen LogP contribution in [-0.2, 0) is 0 Å². The highest BCUT2D eigenvalue weighted by Crippen LogP contribution is 2.38. The van der Waals surface area contributed by atoms with E-state index >= 15 is 0 Å². The molecule has 0 saturated heterocycles. The zero-order valence-electron chi connectivity index (χ0n) is 27.2. The summed E-state index contributed by atoms with van der Waals surface area (Å²) in [5, 5.41) is 9.60. The summed E-state index contributed by atoms with van der Waals surface area (Å²) in [4.78, 5) is 20.8. The lowest BCUT2D eigenvalue weighted by atomic mass is 9.97. The van der Waals surface area contributed by atoms with Gasteiger partial charge in [0, 0.05) is 39.0 Å². The van der Waals surface area contributed by atoms with Crippen LogP contribution in [0.3, 0.4) is 0 Å². The maximum Gasteiger partial charge on any atom is 0.160 e. The van der Waals surface area contributed by atoms with E-state index < -0.39 is 0 Å². The van der Waals surface area contributed by atoms with E-state index in [2.05, 4.69) is 84.9 Å². The van der Waals surface area contributed by atoms with Crippen LogP contribution < -0.4 is 0 Å². The molecule has 0 spiro atoms. The van der Waals surface area contributed by atoms with E-state index in [0.717, 1.165) is 91.5 Å². The summed E-state index contributed by atoms with van der Waals surface area (Å²) in [7, 11) is 0. The van der Waals surface area contributed by atoms with Crippen molar-refractivity contribution in [3.05, 3.63) is 175 Å². The zero-order chi connectivity index (χ0) is 33.7. The smallest absolute Gasteiger partial charge is 0.160 e. The summed E-state index contributed by atoms with van der Waals surface area (Å²) in [6, 6.07) is 53.4. The van der Waals surface area contributed by atoms with Gasteiger partial charge in [0.2, 0.25) is 0 Å². The van der Waals surface area contributed by atoms with E-state index in [0.29, 0.717) is 5.82 Å². The van der Waals surface area contributed by atoms with Crippen LogP contribution in [-0.4, -0.2) is 19.9 Å². The van der Waals surface area contributed by atoms with Crippen molar-refractivity contribution in [2.45, 2.75) is 12.8 Å². The molecule has 8 rings (SSSR count). The van der Waals surface area contributed by atoms with Crippen LogP contribution >= 0.6 is 0 Å². The predicted octanol–water partition coefficient (Wildman–Crippen LogP) is 10.9. The molecular formula is C45H31N5. The topological polar surface area (TPSA) is 75.3 Å². The number of nitriles is 1. The van der Waals surface area contributed by atoms with Gasteiger partial charge in [0.05, 0.1) is 40.2 Å². The van der Waals surface area contributed by atoms with Crippen molar-refractivity contribution in [2.24, 2.45) is 0 Å². The molecule has 5 nitrogen and oxygen atoms in total. The van der Waals surface area contributed by atoms with Crippen LogP contribution in [0.2, 0.25) is 0 Å². The van der Waals surface area contributed by atoms with Crippen LogP contribution in [0.15, 0.2) is 169 Å². The minimum Gasteiger partial charge on any atom is -0.243 e. The molecule has 0 fully saturated rings. The van der Waals surface area contributed by atoms with Gasteiger partial charge in [-0.25, -0.2) is 19.9 Å². The molecule has 0 bridgehead atoms. The molecule has 0 radical (unpaired) electrons. The third-order valence-electron chi connectivity index (χ3n) is 8.80. The van der Waals surface area contributed by atoms with Crippen LogP contribution in [0.4, 0.5) is 0 Å². The summed E-state index contributed by atoms with van der Waals surface area (Å²) in [5.74, 6) is 0.616. The van der Waals surface area contributed by atoms with Crippen molar-refractivity contribution in [1.29, 1.82) is 5.26 Å². The van der Waals surface area contributed by atoms with Gasteiger partial charge in [0.15, 0.2) is 5.82 Å². The fraction of sp³-hybridized carbons (Fsp3) is 0.0444. The molecule has 1 aliphatic carbocycles. The Balaban J connectivity index is 1.27. The van der Waals surface area contributed by atoms with Crippen molar-refractivity contribution < 1.29 is 0 Å². The van der Waals surface area contributed by atoms with Crippen molar-refractivity contribution in [2.75, 3.05) is 0 Å². The Bertz CT molecular complexity index is 2390. The van der Waals surface area contributed by atoms with E-state index in [9.17, 15) is 5.26 Å². The molecule has 1 aliphatic rings. The second-order valence-electron chi connectivity index (χ2n) is 12.1. The maximum absolute atomic E-state index is 9.60. The fourth-order valence-electron chi connectivity index (χ4n) is 6.26. The van der Waals surface area contributed by atoms with Crippen molar-refractivity contribution in [3.8, 4) is 73.7 Å². The lowest BCUT2D eigenvalue weighted by Crippen LogP contribution is -2.01. The van der Waals surface area contributed by atoms with Crippen LogP contribution in [0.1, 0.15) is 18.5 Å². The monoisotopic (exact) mass is 641 g/mol. The molecule has 5 heteroatoms. The summed E-state index contributed by atoms with van der Waals surface area (Å²) >= 11 is 0. The molecule has 0 atom stereocenters. The quantitative estimate of drug-likeness (QED) is 0.173. The normalized spacial score (nSPS) is 12.5. The molecule has 2 aromatic heterocycles. The van der Waals surface area contributed by atoms with Crippen molar-refractivity contribution in [1.82, 2.24) is 19.9 Å². The number of hydrogen-bond acceptors (Lipinski definition) is 5. The van der Waals surface area contributed by atoms with Gasteiger partial charge in [0.25, 0.3) is 0 Å². The van der Waals surface area contributed by atoms with E-state index in [1.807, 2.05) is 84.9 Å². The van der Waals surface area contributed by atoms with Gasteiger partial charge in [-0.05, 0) is 30.6 Å². The van der Waals surface area contributed by atoms with Gasteiger partial charge in [-0.15, -0.1) is 0 Å². The van der Waals surface area contributed by atoms with Crippen LogP contribution in [0.5, 0.6) is 0 Å². The number of hydrogen-bond donors (Lipinski definition) is 0. The molecule has 0 unspecified atom stereocenters. The molecule has 0 saturated carbocycles. The first-order chi connectivity index (χ1) is 24.7. The minimum absolute atomic E-state index is 0.616. The zero-order valence-corrected chi connectivity index (χ0v) is 27.2. The Hall–Kier alpha value is -6.77. The second-order valence-corrected chi connectivity index (χ2v) is 12.1. The average molecular weight is 642 g/mol. The first kappa shape index (κ1) is 30.6. The van der Waals surface area contributed by atoms with Crippen molar-refractivity contribution in [3.63, 3.8) is 0 Å². The molecular weight excluding hydrogens is 611 g/mol. The SMILES string of the molecule is N#CC1=CC(c2cc(-c3ccccc3)nc(-c3ccc(-c4nc(-c5ccccc5)c(-c5ccccc5)nc4-c4ccccc4)cc3)n2)=CCC1. The molecule has 0 aliphatic heterocycles. The Kier molecular flexibility index (Phi) is 8.41. The highest BCUT2D eigenvalue weighted by atomic mass is 14.9. The van der Waals surface area contributed by atoms with Crippen molar-refractivity contribution >= 4 is 5.57 Å². The number of nitrogens with zero attached hydrogens (tertiary/aromatic N) is 5. The Morgan fingerprint density at radius 3 is 1.34 bits per heavy atom. The van der Waals surface area contributed by atoms with Gasteiger partial charge in [0.1, 0.15) is 0 Å². The van der Waals surface area contributed by atoms with Gasteiger partial charge in [-0.1, -0.05) is 152 Å². The maximum atomic E-state index is 9.60. The summed E-state index contributed by atoms with van der Waals surface area (Å²) in [6.45, 7) is 0. The Labute approximate surface area is 291 Å². The van der Waals surface area contributed by atoms with Gasteiger partial charge >= 0.3 is 0 Å². The molecule has 5 aromatic carbocycles. The molecule has 2 heterocycles. The van der Waals surface area contributed by atoms with Crippen LogP contribution in [0, 0.1) is 11.3 Å². The lowest BCUT2D eigenvalue weighted by molar-refractivity contribution is 0.994. The molecule has 236 valence electrons. The highest BCUT2D eigenvalue weighted by Gasteiger charge is 2.20. The summed E-state index contributed by atoms with van der Waals surface area (Å²) < 4.78 is 0. The first-order valence-electron chi connectivity index (χ1n) is 16.7. The van der Waals surface area contributed by atoms with E-state index in [1.165, 1.54) is 0 Å². The van der Waals surface area contributed by atoms with Gasteiger partial charge in [-0.3, -0.25) is 0 Å². The Morgan fingerprint density at radius 1 is 0.440 bits per heavy atom. The number of allylic oxidation sites excluding steroid dienone is 4. The Morgan fingerprint density at radius 2 is 0.860 bits per heavy atom. The minimum atomic E-state index is 0.616. The van der Waals surface area contributed by atoms with Gasteiger partial charge < -0.3 is 0 Å². The summed E-state index contributed by atoms with van der Waals surface area (Å²) in [5.41, 5.74) is 12.4. The van der Waals surface area contributed by atoms with E-state index in [4.69, 9.17) is 19.9 Å². The molecule has 0 N–H and O–H groups in total. The molecule has 0 amide bonds. The average Bonchev–Trinajstić information content (AvgIpc) is 3.21. The largest absolute Gasteiger partial charge is 0.243 e. The summed E-state index contributed by atoms with van der Waals surface area (Å²) in [6.07, 6.45) is 5.65. The standard InChI is InChI=1S/C45H31N5/c46-30-31-14-13-23-38(28-31)40-29-39(32-15-5-1-6-16-32)47-45(48-40)37-26-24-36(25-27-37)44-43(35-21-11-4-12-22-35)49-41(33-17-7-2-8-18-33)42(50-44)34-19-9-3-10-20-34/h1-12,15-29H,13-14H2. The number of rotatable bonds is 7. The van der Waals surface area contributed by atoms with Crippen LogP contribution in [0.25, 0.3) is 73.2 Å². The fourth-order valence-corrected chi connectivity index (χ4v) is 6.26. The van der Waals surface area contributed by atoms with E-state index in [-0.39, 0.29) is 0 Å². The lowest BCUT2D eigenvalue weighted by Gasteiger charge is -2.16. The highest BCUT2D eigenvalue weighted by molar-refractivity contribution is 5.87. The van der Waals surface area contributed by atoms with E-state index in [1.54, 1.807) is 0 Å². The number of aromatic nitrogens is 4. The molecule has 50 heavy (non-hydrogen) atoms. The third kappa shape index (κ3) is 6.26. The predicted molar refractivity (Wildman–Crippen MR) is 201 cm³/mol. The molecule has 7 aromatic rings. The first-order valence-corrected chi connectivity index (χ1v) is 16.7.